The molecule has 0 saturated heterocycles. The first-order valence-corrected chi connectivity index (χ1v) is 7.26. The Kier molecular flexibility index (Phi) is 3.70. The molecule has 1 aromatic rings. The first kappa shape index (κ1) is 14.1. The van der Waals surface area contributed by atoms with E-state index in [0.29, 0.717) is 0 Å². The number of ether oxygens (including phenoxy) is 1. The summed E-state index contributed by atoms with van der Waals surface area (Å²) in [5, 5.41) is 7.42. The van der Waals surface area contributed by atoms with E-state index in [0.717, 1.165) is 4.68 Å². The topological polar surface area (TPSA) is 94.8 Å². The Balaban J connectivity index is 2.61. The van der Waals surface area contributed by atoms with Crippen LogP contribution < -0.4 is 4.72 Å². The van der Waals surface area contributed by atoms with Crippen LogP contribution in [0.1, 0.15) is 12.5 Å². The van der Waals surface area contributed by atoms with Crippen molar-refractivity contribution in [3.05, 3.63) is 10.7 Å². The van der Waals surface area contributed by atoms with Gasteiger partial charge in [-0.25, -0.2) is 13.1 Å². The van der Waals surface area contributed by atoms with Gasteiger partial charge in [0.1, 0.15) is 11.7 Å². The number of aryl methyl sites for hydroxylation is 1. The summed E-state index contributed by atoms with van der Waals surface area (Å²) >= 11 is 5.95. The molecule has 106 valence electrons. The molecule has 0 radical (unpaired) electrons. The predicted octanol–water partition coefficient (Wildman–Crippen LogP) is 0.0785. The minimum atomic E-state index is -3.76. The zero-order valence-corrected chi connectivity index (χ0v) is 12.1. The van der Waals surface area contributed by atoms with Crippen molar-refractivity contribution in [3.8, 4) is 0 Å². The highest BCUT2D eigenvalue weighted by Crippen LogP contribution is 2.26. The van der Waals surface area contributed by atoms with Crippen LogP contribution >= 0.6 is 11.6 Å². The summed E-state index contributed by atoms with van der Waals surface area (Å²) in [5.41, 5.74) is 0.0880. The number of hydrogen-bond donors (Lipinski definition) is 1. The Morgan fingerprint density at radius 3 is 2.79 bits per heavy atom. The molecule has 0 fully saturated rings. The monoisotopic (exact) mass is 308 g/mol. The molecule has 0 bridgehead atoms. The molecule has 1 N–H and O–H groups in total. The minimum Gasteiger partial charge on any atom is -0.468 e. The largest absolute Gasteiger partial charge is 0.468 e. The summed E-state index contributed by atoms with van der Waals surface area (Å²) in [5.74, 6) is 0.00525. The fraction of sp³-hybridized carbons (Fsp3) is 0.556. The van der Waals surface area contributed by atoms with Gasteiger partial charge in [0.2, 0.25) is 0 Å². The van der Waals surface area contributed by atoms with Gasteiger partial charge in [0.15, 0.2) is 16.8 Å². The number of sulfonamides is 1. The Morgan fingerprint density at radius 2 is 2.21 bits per heavy atom. The maximum atomic E-state index is 12.0. The quantitative estimate of drug-likeness (QED) is 0.853. The van der Waals surface area contributed by atoms with Crippen molar-refractivity contribution in [2.45, 2.75) is 18.1 Å². The van der Waals surface area contributed by atoms with Crippen molar-refractivity contribution in [1.29, 1.82) is 0 Å². The molecule has 1 unspecified atom stereocenters. The second-order valence-electron chi connectivity index (χ2n) is 3.92. The Morgan fingerprint density at radius 1 is 1.53 bits per heavy atom. The van der Waals surface area contributed by atoms with Crippen molar-refractivity contribution < 1.29 is 18.0 Å². The predicted molar refractivity (Wildman–Crippen MR) is 67.5 cm³/mol. The van der Waals surface area contributed by atoms with Crippen molar-refractivity contribution in [1.82, 2.24) is 14.5 Å². The summed E-state index contributed by atoms with van der Waals surface area (Å²) in [6, 6.07) is 0. The lowest BCUT2D eigenvalue weighted by molar-refractivity contribution is 0.0194. The van der Waals surface area contributed by atoms with E-state index in [1.165, 1.54) is 14.1 Å². The third-order valence-corrected chi connectivity index (χ3v) is 4.24. The van der Waals surface area contributed by atoms with E-state index in [-0.39, 0.29) is 34.4 Å². The molecular weight excluding hydrogens is 296 g/mol. The maximum absolute atomic E-state index is 12.0. The van der Waals surface area contributed by atoms with Crippen LogP contribution in [-0.4, -0.2) is 43.9 Å². The normalized spacial score (nSPS) is 19.6. The maximum Gasteiger partial charge on any atom is 0.264 e. The number of nitrogens with zero attached hydrogens (tertiary/aromatic N) is 3. The Hall–Kier alpha value is -1.32. The Bertz CT molecular complexity index is 624. The highest BCUT2D eigenvalue weighted by molar-refractivity contribution is 7.89. The zero-order valence-electron chi connectivity index (χ0n) is 10.5. The standard InChI is InChI=1S/C9H13ClN4O4S/c1-5-4-17-13-8(18-5)6-7(10)12-14(3)9(6)19(15,16)11-2/h5,11H,4H2,1-3H3. The molecule has 8 nitrogen and oxygen atoms in total. The van der Waals surface area contributed by atoms with E-state index >= 15 is 0 Å². The van der Waals surface area contributed by atoms with E-state index in [1.54, 1.807) is 6.92 Å². The van der Waals surface area contributed by atoms with Gasteiger partial charge in [0.05, 0.1) is 0 Å². The Labute approximate surface area is 115 Å². The van der Waals surface area contributed by atoms with E-state index in [2.05, 4.69) is 15.0 Å². The summed E-state index contributed by atoms with van der Waals surface area (Å²) < 4.78 is 32.8. The fourth-order valence-corrected chi connectivity index (χ4v) is 2.99. The van der Waals surface area contributed by atoms with Gasteiger partial charge in [-0.2, -0.15) is 5.10 Å². The number of aromatic nitrogens is 2. The van der Waals surface area contributed by atoms with Gasteiger partial charge in [-0.15, -0.1) is 0 Å². The van der Waals surface area contributed by atoms with Gasteiger partial charge in [-0.1, -0.05) is 11.6 Å². The third-order valence-electron chi connectivity index (χ3n) is 2.46. The number of oxime groups is 1. The number of rotatable bonds is 3. The summed E-state index contributed by atoms with van der Waals surface area (Å²) in [7, 11) is -0.996. The summed E-state index contributed by atoms with van der Waals surface area (Å²) in [4.78, 5) is 4.97. The molecular formula is C9H13ClN4O4S. The van der Waals surface area contributed by atoms with Gasteiger partial charge < -0.3 is 9.57 Å². The summed E-state index contributed by atoms with van der Waals surface area (Å²) in [6.45, 7) is 2.06. The van der Waals surface area contributed by atoms with Gasteiger partial charge in [0, 0.05) is 7.05 Å². The average molecular weight is 309 g/mol. The second-order valence-corrected chi connectivity index (χ2v) is 6.08. The fourth-order valence-electron chi connectivity index (χ4n) is 1.61. The third kappa shape index (κ3) is 2.53. The van der Waals surface area contributed by atoms with Gasteiger partial charge in [-0.3, -0.25) is 4.68 Å². The highest BCUT2D eigenvalue weighted by Gasteiger charge is 2.32. The molecule has 19 heavy (non-hydrogen) atoms. The van der Waals surface area contributed by atoms with Gasteiger partial charge in [0.25, 0.3) is 15.9 Å². The summed E-state index contributed by atoms with van der Waals surface area (Å²) in [6.07, 6.45) is -0.256. The molecule has 1 atom stereocenters. The van der Waals surface area contributed by atoms with Crippen LogP contribution in [0.15, 0.2) is 10.2 Å². The highest BCUT2D eigenvalue weighted by atomic mass is 35.5. The van der Waals surface area contributed by atoms with Crippen molar-refractivity contribution in [2.24, 2.45) is 12.2 Å². The molecule has 0 aromatic carbocycles. The number of halogens is 1. The molecule has 0 aliphatic carbocycles. The van der Waals surface area contributed by atoms with Crippen LogP contribution in [-0.2, 0) is 26.6 Å². The molecule has 1 aliphatic rings. The van der Waals surface area contributed by atoms with Gasteiger partial charge in [-0.05, 0) is 19.1 Å². The smallest absolute Gasteiger partial charge is 0.264 e. The van der Waals surface area contributed by atoms with Crippen LogP contribution in [0, 0.1) is 0 Å². The van der Waals surface area contributed by atoms with E-state index in [4.69, 9.17) is 21.2 Å². The van der Waals surface area contributed by atoms with Crippen molar-refractivity contribution >= 4 is 27.5 Å². The van der Waals surface area contributed by atoms with Crippen LogP contribution in [0.2, 0.25) is 5.15 Å². The molecule has 0 spiro atoms. The molecule has 2 heterocycles. The first-order chi connectivity index (χ1) is 8.86. The zero-order chi connectivity index (χ0) is 14.2. The van der Waals surface area contributed by atoms with Crippen LogP contribution in [0.25, 0.3) is 0 Å². The first-order valence-electron chi connectivity index (χ1n) is 5.40. The molecule has 1 aliphatic heterocycles. The van der Waals surface area contributed by atoms with Crippen LogP contribution in [0.3, 0.4) is 0 Å². The molecule has 10 heteroatoms. The minimum absolute atomic E-state index is 0.00525. The SMILES string of the molecule is CNS(=O)(=O)c1c(C2=NOCC(C)O2)c(Cl)nn1C. The van der Waals surface area contributed by atoms with E-state index < -0.39 is 10.0 Å². The lowest BCUT2D eigenvalue weighted by Crippen LogP contribution is -2.28. The van der Waals surface area contributed by atoms with Gasteiger partial charge >= 0.3 is 0 Å². The van der Waals surface area contributed by atoms with Crippen LogP contribution in [0.4, 0.5) is 0 Å². The second kappa shape index (κ2) is 4.99. The van der Waals surface area contributed by atoms with Crippen LogP contribution in [0.5, 0.6) is 0 Å². The van der Waals surface area contributed by atoms with E-state index in [1.807, 2.05) is 0 Å². The lowest BCUT2D eigenvalue weighted by atomic mass is 10.3. The number of hydrogen-bond acceptors (Lipinski definition) is 6. The number of nitrogens with one attached hydrogen (secondary N) is 1. The van der Waals surface area contributed by atoms with E-state index in [9.17, 15) is 8.42 Å². The molecule has 0 saturated carbocycles. The average Bonchev–Trinajstić information content (AvgIpc) is 2.65. The lowest BCUT2D eigenvalue weighted by Gasteiger charge is -2.19. The molecule has 1 aromatic heterocycles. The van der Waals surface area contributed by atoms with Crippen molar-refractivity contribution in [3.63, 3.8) is 0 Å². The molecule has 2 rings (SSSR count). The van der Waals surface area contributed by atoms with Crippen molar-refractivity contribution in [2.75, 3.05) is 13.7 Å². The molecule has 0 amide bonds.